The molecule has 0 heterocycles. The van der Waals surface area contributed by atoms with Crippen LogP contribution >= 0.6 is 0 Å². The zero-order chi connectivity index (χ0) is 12.9. The monoisotopic (exact) mass is 228 g/mol. The number of carboxylic acid groups (broad SMARTS) is 1. The Kier molecular flexibility index (Phi) is 5.74. The van der Waals surface area contributed by atoms with Crippen LogP contribution in [0.25, 0.3) is 0 Å². The van der Waals surface area contributed by atoms with Gasteiger partial charge in [-0.1, -0.05) is 13.5 Å². The molecule has 0 aromatic carbocycles. The molecule has 0 fully saturated rings. The fourth-order valence-electron chi connectivity index (χ4n) is 1.45. The molecule has 0 rings (SSSR count). The topological polar surface area (TPSA) is 69.6 Å². The number of nitrogens with one attached hydrogen (secondary N) is 1. The number of hydrogen-bond donors (Lipinski definition) is 2. The first-order chi connectivity index (χ1) is 7.31. The lowest BCUT2D eigenvalue weighted by Gasteiger charge is -2.28. The number of amides is 1. The number of hydrogen-bond acceptors (Lipinski definition) is 3. The molecule has 2 N–H and O–H groups in total. The van der Waals surface area contributed by atoms with Crippen LogP contribution in [-0.2, 0) is 9.59 Å². The highest BCUT2D eigenvalue weighted by Gasteiger charge is 2.29. The fraction of sp³-hybridized carbons (Fsp3) is 0.636. The number of carboxylic acids is 1. The first-order valence-corrected chi connectivity index (χ1v) is 5.16. The summed E-state index contributed by atoms with van der Waals surface area (Å²) in [5, 5.41) is 11.7. The third-order valence-corrected chi connectivity index (χ3v) is 2.33. The minimum Gasteiger partial charge on any atom is -0.480 e. The average Bonchev–Trinajstić information content (AvgIpc) is 2.14. The Morgan fingerprint density at radius 3 is 2.19 bits per heavy atom. The molecule has 0 aromatic heterocycles. The average molecular weight is 228 g/mol. The van der Waals surface area contributed by atoms with Gasteiger partial charge in [0.25, 0.3) is 0 Å². The van der Waals surface area contributed by atoms with Gasteiger partial charge in [-0.25, -0.2) is 0 Å². The van der Waals surface area contributed by atoms with Gasteiger partial charge in [-0.05, 0) is 27.4 Å². The van der Waals surface area contributed by atoms with Crippen LogP contribution in [0.4, 0.5) is 0 Å². The van der Waals surface area contributed by atoms with Gasteiger partial charge in [-0.2, -0.15) is 0 Å². The van der Waals surface area contributed by atoms with Gasteiger partial charge in [0.2, 0.25) is 5.91 Å². The van der Waals surface area contributed by atoms with E-state index >= 15 is 0 Å². The van der Waals surface area contributed by atoms with Crippen molar-refractivity contribution >= 4 is 11.9 Å². The summed E-state index contributed by atoms with van der Waals surface area (Å²) in [5.74, 6) is -1.25. The number of carbonyl (C=O) groups excluding carboxylic acids is 1. The number of likely N-dealkylation sites (N-methyl/N-ethyl adjacent to an activating group) is 1. The number of aliphatic carboxylic acids is 1. The second-order valence-corrected chi connectivity index (χ2v) is 4.02. The van der Waals surface area contributed by atoms with Crippen molar-refractivity contribution in [3.05, 3.63) is 12.2 Å². The lowest BCUT2D eigenvalue weighted by Crippen LogP contribution is -2.53. The van der Waals surface area contributed by atoms with Crippen LogP contribution in [0.15, 0.2) is 12.2 Å². The van der Waals surface area contributed by atoms with Crippen molar-refractivity contribution in [2.45, 2.75) is 32.4 Å². The van der Waals surface area contributed by atoms with E-state index in [4.69, 9.17) is 5.11 Å². The molecule has 5 nitrogen and oxygen atoms in total. The molecular formula is C11H20N2O3. The molecule has 2 atom stereocenters. The molecule has 0 saturated heterocycles. The summed E-state index contributed by atoms with van der Waals surface area (Å²) in [5.41, 5.74) is 0.376. The summed E-state index contributed by atoms with van der Waals surface area (Å²) in [6, 6.07) is -1.15. The highest BCUT2D eigenvalue weighted by molar-refractivity contribution is 5.92. The quantitative estimate of drug-likeness (QED) is 0.648. The standard InChI is InChI=1S/C11H20N2O3/c1-6-8(12-10(14)7(2)3)9(11(15)16)13(4)5/h8-9H,2,6H2,1,3-5H3,(H,12,14)(H,15,16). The molecular weight excluding hydrogens is 208 g/mol. The second kappa shape index (κ2) is 6.27. The van der Waals surface area contributed by atoms with E-state index in [1.54, 1.807) is 25.9 Å². The Bertz CT molecular complexity index is 287. The molecule has 92 valence electrons. The maximum absolute atomic E-state index is 11.4. The molecule has 2 unspecified atom stereocenters. The van der Waals surface area contributed by atoms with Crippen LogP contribution in [0.2, 0.25) is 0 Å². The number of nitrogens with zero attached hydrogens (tertiary/aromatic N) is 1. The molecule has 0 saturated carbocycles. The van der Waals surface area contributed by atoms with Crippen LogP contribution < -0.4 is 5.32 Å². The van der Waals surface area contributed by atoms with Gasteiger partial charge in [0.05, 0.1) is 6.04 Å². The van der Waals surface area contributed by atoms with Crippen LogP contribution in [0.5, 0.6) is 0 Å². The van der Waals surface area contributed by atoms with E-state index in [9.17, 15) is 9.59 Å². The molecule has 0 bridgehead atoms. The maximum Gasteiger partial charge on any atom is 0.323 e. The van der Waals surface area contributed by atoms with Crippen LogP contribution in [-0.4, -0.2) is 48.1 Å². The molecule has 0 aromatic rings. The molecule has 0 spiro atoms. The van der Waals surface area contributed by atoms with Crippen molar-refractivity contribution in [3.8, 4) is 0 Å². The van der Waals surface area contributed by atoms with E-state index in [0.717, 1.165) is 0 Å². The first-order valence-electron chi connectivity index (χ1n) is 5.16. The smallest absolute Gasteiger partial charge is 0.323 e. The first kappa shape index (κ1) is 14.6. The van der Waals surface area contributed by atoms with Crippen molar-refractivity contribution in [2.24, 2.45) is 0 Å². The molecule has 0 aliphatic heterocycles. The highest BCUT2D eigenvalue weighted by Crippen LogP contribution is 2.06. The SMILES string of the molecule is C=C(C)C(=O)NC(CC)C(C(=O)O)N(C)C. The third-order valence-electron chi connectivity index (χ3n) is 2.33. The lowest BCUT2D eigenvalue weighted by molar-refractivity contribution is -0.143. The van der Waals surface area contributed by atoms with Crippen molar-refractivity contribution in [3.63, 3.8) is 0 Å². The van der Waals surface area contributed by atoms with Gasteiger partial charge in [-0.3, -0.25) is 14.5 Å². The normalized spacial score (nSPS) is 14.3. The van der Waals surface area contributed by atoms with E-state index in [2.05, 4.69) is 11.9 Å². The van der Waals surface area contributed by atoms with Gasteiger partial charge < -0.3 is 10.4 Å². The lowest BCUT2D eigenvalue weighted by atomic mass is 10.0. The minimum atomic E-state index is -0.945. The Balaban J connectivity index is 4.75. The maximum atomic E-state index is 11.4. The van der Waals surface area contributed by atoms with Crippen molar-refractivity contribution in [1.82, 2.24) is 10.2 Å². The van der Waals surface area contributed by atoms with E-state index in [1.807, 2.05) is 6.92 Å². The Hall–Kier alpha value is -1.36. The summed E-state index contributed by atoms with van der Waals surface area (Å²) in [6.07, 6.45) is 0.550. The Morgan fingerprint density at radius 2 is 1.94 bits per heavy atom. The molecule has 0 aliphatic carbocycles. The number of rotatable bonds is 6. The van der Waals surface area contributed by atoms with Crippen LogP contribution in [0, 0.1) is 0 Å². The molecule has 16 heavy (non-hydrogen) atoms. The minimum absolute atomic E-state index is 0.306. The predicted octanol–water partition coefficient (Wildman–Crippen LogP) is 0.472. The van der Waals surface area contributed by atoms with Crippen molar-refractivity contribution in [1.29, 1.82) is 0 Å². The largest absolute Gasteiger partial charge is 0.480 e. The van der Waals surface area contributed by atoms with Gasteiger partial charge >= 0.3 is 5.97 Å². The summed E-state index contributed by atoms with van der Waals surface area (Å²) in [6.45, 7) is 6.95. The zero-order valence-corrected chi connectivity index (χ0v) is 10.3. The van der Waals surface area contributed by atoms with Gasteiger partial charge in [0.1, 0.15) is 6.04 Å². The van der Waals surface area contributed by atoms with Crippen LogP contribution in [0.3, 0.4) is 0 Å². The Morgan fingerprint density at radius 1 is 1.44 bits per heavy atom. The third kappa shape index (κ3) is 4.02. The van der Waals surface area contributed by atoms with Crippen LogP contribution in [0.1, 0.15) is 20.3 Å². The molecule has 0 aliphatic rings. The van der Waals surface area contributed by atoms with E-state index in [1.165, 1.54) is 0 Å². The van der Waals surface area contributed by atoms with E-state index in [0.29, 0.717) is 12.0 Å². The Labute approximate surface area is 96.1 Å². The molecule has 0 radical (unpaired) electrons. The highest BCUT2D eigenvalue weighted by atomic mass is 16.4. The predicted molar refractivity (Wildman–Crippen MR) is 62.1 cm³/mol. The molecule has 5 heteroatoms. The van der Waals surface area contributed by atoms with E-state index in [-0.39, 0.29) is 5.91 Å². The van der Waals surface area contributed by atoms with Crippen molar-refractivity contribution in [2.75, 3.05) is 14.1 Å². The fourth-order valence-corrected chi connectivity index (χ4v) is 1.45. The summed E-state index contributed by atoms with van der Waals surface area (Å²) in [4.78, 5) is 24.1. The summed E-state index contributed by atoms with van der Waals surface area (Å²) in [7, 11) is 3.35. The van der Waals surface area contributed by atoms with E-state index < -0.39 is 18.1 Å². The van der Waals surface area contributed by atoms with Gasteiger partial charge in [0.15, 0.2) is 0 Å². The second-order valence-electron chi connectivity index (χ2n) is 4.02. The van der Waals surface area contributed by atoms with Crippen molar-refractivity contribution < 1.29 is 14.7 Å². The summed E-state index contributed by atoms with van der Waals surface area (Å²) >= 11 is 0. The summed E-state index contributed by atoms with van der Waals surface area (Å²) < 4.78 is 0. The van der Waals surface area contributed by atoms with Gasteiger partial charge in [-0.15, -0.1) is 0 Å². The molecule has 1 amide bonds. The van der Waals surface area contributed by atoms with Gasteiger partial charge in [0, 0.05) is 5.57 Å². The zero-order valence-electron chi connectivity index (χ0n) is 10.3. The number of carbonyl (C=O) groups is 2.